The van der Waals surface area contributed by atoms with Crippen LogP contribution in [0, 0.1) is 25.6 Å². The van der Waals surface area contributed by atoms with Crippen molar-refractivity contribution in [3.8, 4) is 11.1 Å². The first-order chi connectivity index (χ1) is 17.0. The number of hydrogen-bond donors (Lipinski definition) is 3. The normalized spacial score (nSPS) is 12.3. The predicted molar refractivity (Wildman–Crippen MR) is 131 cm³/mol. The largest absolute Gasteiger partial charge is 0.364 e. The molecule has 0 aromatic carbocycles. The van der Waals surface area contributed by atoms with E-state index in [4.69, 9.17) is 27.7 Å². The quantitative estimate of drug-likeness (QED) is 0.239. The maximum absolute atomic E-state index is 14.9. The maximum Gasteiger partial charge on any atom is 0.257 e. The first-order valence-corrected chi connectivity index (χ1v) is 12.1. The molecule has 0 unspecified atom stereocenters. The molecule has 9 nitrogen and oxygen atoms in total. The van der Waals surface area contributed by atoms with Crippen LogP contribution in [0.4, 0.5) is 14.6 Å². The minimum atomic E-state index is -1.11. The highest BCUT2D eigenvalue weighted by atomic mass is 35.5. The lowest BCUT2D eigenvalue weighted by Gasteiger charge is -2.19. The molecule has 0 saturated heterocycles. The van der Waals surface area contributed by atoms with E-state index in [9.17, 15) is 18.4 Å². The van der Waals surface area contributed by atoms with Gasteiger partial charge >= 0.3 is 0 Å². The van der Waals surface area contributed by atoms with Crippen LogP contribution in [-0.4, -0.2) is 43.0 Å². The lowest BCUT2D eigenvalue weighted by molar-refractivity contribution is -0.118. The number of anilines is 1. The summed E-state index contributed by atoms with van der Waals surface area (Å²) in [6.07, 6.45) is 2.11. The van der Waals surface area contributed by atoms with Crippen LogP contribution in [0.25, 0.3) is 11.1 Å². The average molecular weight is 543 g/mol. The maximum atomic E-state index is 14.9. The number of alkyl halides is 2. The Morgan fingerprint density at radius 3 is 2.47 bits per heavy atom. The van der Waals surface area contributed by atoms with Crippen molar-refractivity contribution < 1.29 is 22.9 Å². The minimum Gasteiger partial charge on any atom is -0.364 e. The second-order valence-corrected chi connectivity index (χ2v) is 9.85. The van der Waals surface area contributed by atoms with E-state index in [0.29, 0.717) is 29.9 Å². The van der Waals surface area contributed by atoms with Crippen molar-refractivity contribution in [2.45, 2.75) is 63.8 Å². The molecule has 0 aliphatic rings. The summed E-state index contributed by atoms with van der Waals surface area (Å²) in [7, 11) is 0. The predicted octanol–water partition coefficient (Wildman–Crippen LogP) is 5.19. The van der Waals surface area contributed by atoms with Gasteiger partial charge in [-0.05, 0) is 39.0 Å². The van der Waals surface area contributed by atoms with Crippen LogP contribution in [0.5, 0.6) is 0 Å². The summed E-state index contributed by atoms with van der Waals surface area (Å²) in [4.78, 5) is 28.9. The second kappa shape index (κ2) is 11.8. The van der Waals surface area contributed by atoms with Gasteiger partial charge in [0.15, 0.2) is 0 Å². The van der Waals surface area contributed by atoms with E-state index >= 15 is 0 Å². The Balaban J connectivity index is 1.82. The number of nitrogens with zero attached hydrogens (tertiary/aromatic N) is 3. The molecule has 2 amide bonds. The highest BCUT2D eigenvalue weighted by molar-refractivity contribution is 6.44. The number of pyridine rings is 1. The fourth-order valence-electron chi connectivity index (χ4n) is 3.72. The zero-order valence-corrected chi connectivity index (χ0v) is 21.6. The number of halogens is 4. The van der Waals surface area contributed by atoms with Crippen LogP contribution < -0.4 is 10.6 Å². The Labute approximate surface area is 216 Å². The van der Waals surface area contributed by atoms with Crippen molar-refractivity contribution in [2.24, 2.45) is 0 Å². The number of H-pyrrole nitrogens is 1. The third-order valence-corrected chi connectivity index (χ3v) is 5.92. The van der Waals surface area contributed by atoms with Crippen LogP contribution in [-0.2, 0) is 4.79 Å². The van der Waals surface area contributed by atoms with Crippen LogP contribution in [0.3, 0.4) is 0 Å². The molecule has 0 aliphatic heterocycles. The fraction of sp³-hybridized carbons (Fsp3) is 0.435. The molecule has 36 heavy (non-hydrogen) atoms. The van der Waals surface area contributed by atoms with E-state index in [0.717, 1.165) is 6.07 Å². The van der Waals surface area contributed by atoms with E-state index < -0.39 is 34.5 Å². The Morgan fingerprint density at radius 2 is 1.89 bits per heavy atom. The number of carbonyl (C=O) groups excluding carboxylic acids is 2. The van der Waals surface area contributed by atoms with E-state index in [-0.39, 0.29) is 34.8 Å². The van der Waals surface area contributed by atoms with Gasteiger partial charge in [0.1, 0.15) is 34.3 Å². The van der Waals surface area contributed by atoms with Gasteiger partial charge < -0.3 is 15.2 Å². The number of aromatic amines is 1. The molecule has 3 N–H and O–H groups in total. The number of hydrogen-bond acceptors (Lipinski definition) is 6. The van der Waals surface area contributed by atoms with Crippen molar-refractivity contribution in [1.82, 2.24) is 25.7 Å². The van der Waals surface area contributed by atoms with Gasteiger partial charge in [-0.3, -0.25) is 14.7 Å². The van der Waals surface area contributed by atoms with Gasteiger partial charge in [-0.1, -0.05) is 19.0 Å². The molecule has 1 atom stereocenters. The average Bonchev–Trinajstić information content (AvgIpc) is 3.40. The Bertz CT molecular complexity index is 1200. The monoisotopic (exact) mass is 542 g/mol. The molecule has 3 aromatic heterocycles. The lowest BCUT2D eigenvalue weighted by Crippen LogP contribution is -2.44. The lowest BCUT2D eigenvalue weighted by atomic mass is 10.0. The number of rotatable bonds is 10. The Kier molecular flexibility index (Phi) is 9.02. The third-order valence-electron chi connectivity index (χ3n) is 5.48. The topological polar surface area (TPSA) is 126 Å². The molecule has 0 radical (unpaired) electrons. The molecule has 3 heterocycles. The summed E-state index contributed by atoms with van der Waals surface area (Å²) in [5.41, 5.74) is 1.38. The standard InChI is InChI=1S/C23H26Cl2F2N6O3/c1-10(2)20-13(9-36-33-20)22(34)28-15(6-5-7-16(24)25)23(35)30-17-8-14(26)19(21(27)29-17)18-11(3)31-32-12(18)4/h8-10,15-16H,5-7H2,1-4H3,(H,28,34)(H,31,32)(H,29,30,35)/t15-/m0/s1. The van der Waals surface area contributed by atoms with Crippen LogP contribution in [0.1, 0.15) is 66.5 Å². The van der Waals surface area contributed by atoms with Crippen molar-refractivity contribution in [3.63, 3.8) is 0 Å². The zero-order valence-electron chi connectivity index (χ0n) is 20.1. The van der Waals surface area contributed by atoms with Gasteiger partial charge in [0.25, 0.3) is 5.91 Å². The number of nitrogens with one attached hydrogen (secondary N) is 3. The summed E-state index contributed by atoms with van der Waals surface area (Å²) in [5, 5.41) is 15.4. The third kappa shape index (κ3) is 6.38. The number of amides is 2. The molecule has 0 saturated carbocycles. The summed E-state index contributed by atoms with van der Waals surface area (Å²) >= 11 is 11.6. The SMILES string of the molecule is Cc1n[nH]c(C)c1-c1c(F)cc(NC(=O)[C@H](CCCC(Cl)Cl)NC(=O)c2conc2C(C)C)nc1F. The van der Waals surface area contributed by atoms with Crippen molar-refractivity contribution in [1.29, 1.82) is 0 Å². The molecule has 0 spiro atoms. The van der Waals surface area contributed by atoms with E-state index in [1.54, 1.807) is 13.8 Å². The molecule has 0 fully saturated rings. The Hall–Kier alpha value is -3.05. The van der Waals surface area contributed by atoms with Crippen molar-refractivity contribution in [3.05, 3.63) is 46.7 Å². The smallest absolute Gasteiger partial charge is 0.257 e. The minimum absolute atomic E-state index is 0.0961. The Morgan fingerprint density at radius 1 is 1.17 bits per heavy atom. The first-order valence-electron chi connectivity index (χ1n) is 11.2. The molecule has 3 rings (SSSR count). The highest BCUT2D eigenvalue weighted by Gasteiger charge is 2.27. The van der Waals surface area contributed by atoms with Gasteiger partial charge in [0.2, 0.25) is 11.9 Å². The molecular weight excluding hydrogens is 517 g/mol. The first kappa shape index (κ1) is 27.5. The van der Waals surface area contributed by atoms with Gasteiger partial charge in [0.05, 0.1) is 17.0 Å². The van der Waals surface area contributed by atoms with Crippen molar-refractivity contribution >= 4 is 40.8 Å². The summed E-state index contributed by atoms with van der Waals surface area (Å²) in [5.74, 6) is -3.79. The summed E-state index contributed by atoms with van der Waals surface area (Å²) < 4.78 is 34.7. The number of aromatic nitrogens is 4. The molecule has 0 bridgehead atoms. The van der Waals surface area contributed by atoms with E-state index in [2.05, 4.69) is 31.0 Å². The van der Waals surface area contributed by atoms with Crippen molar-refractivity contribution in [2.75, 3.05) is 5.32 Å². The molecule has 13 heteroatoms. The van der Waals surface area contributed by atoms with Gasteiger partial charge in [0, 0.05) is 17.3 Å². The van der Waals surface area contributed by atoms with Crippen LogP contribution in [0.15, 0.2) is 16.9 Å². The van der Waals surface area contributed by atoms with E-state index in [1.165, 1.54) is 6.26 Å². The van der Waals surface area contributed by atoms with Crippen LogP contribution >= 0.6 is 23.2 Å². The van der Waals surface area contributed by atoms with Gasteiger partial charge in [-0.2, -0.15) is 9.49 Å². The summed E-state index contributed by atoms with van der Waals surface area (Å²) in [6.45, 7) is 6.91. The zero-order chi connectivity index (χ0) is 26.6. The van der Waals surface area contributed by atoms with Crippen LogP contribution in [0.2, 0.25) is 0 Å². The molecular formula is C23H26Cl2F2N6O3. The second-order valence-electron chi connectivity index (χ2n) is 8.57. The molecule has 3 aromatic rings. The number of carbonyl (C=O) groups is 2. The van der Waals surface area contributed by atoms with Gasteiger partial charge in [-0.25, -0.2) is 9.37 Å². The fourth-order valence-corrected chi connectivity index (χ4v) is 4.03. The summed E-state index contributed by atoms with van der Waals surface area (Å²) in [6, 6.07) is -0.170. The highest BCUT2D eigenvalue weighted by Crippen LogP contribution is 2.31. The number of aryl methyl sites for hydroxylation is 2. The molecule has 194 valence electrons. The van der Waals surface area contributed by atoms with Gasteiger partial charge in [-0.15, -0.1) is 23.2 Å². The van der Waals surface area contributed by atoms with E-state index in [1.807, 2.05) is 13.8 Å². The molecule has 0 aliphatic carbocycles.